The first-order chi connectivity index (χ1) is 14.5. The van der Waals surface area contributed by atoms with E-state index in [4.69, 9.17) is 19.0 Å². The van der Waals surface area contributed by atoms with Gasteiger partial charge in [-0.05, 0) is 48.6 Å². The zero-order chi connectivity index (χ0) is 21.4. The number of esters is 1. The molecule has 30 heavy (non-hydrogen) atoms. The molecule has 6 heteroatoms. The summed E-state index contributed by atoms with van der Waals surface area (Å²) < 4.78 is 15.9. The quantitative estimate of drug-likeness (QED) is 0.258. The monoisotopic (exact) mass is 413 g/mol. The summed E-state index contributed by atoms with van der Waals surface area (Å²) in [6.45, 7) is 5.19. The summed E-state index contributed by atoms with van der Waals surface area (Å²) in [4.78, 5) is 17.2. The molecule has 6 nitrogen and oxygen atoms in total. The van der Waals surface area contributed by atoms with Crippen LogP contribution in [0.15, 0.2) is 47.6 Å². The van der Waals surface area contributed by atoms with E-state index in [1.165, 1.54) is 17.9 Å². The van der Waals surface area contributed by atoms with Crippen LogP contribution in [0, 0.1) is 5.92 Å². The van der Waals surface area contributed by atoms with Gasteiger partial charge < -0.3 is 19.0 Å². The number of hydrogen-bond acceptors (Lipinski definition) is 6. The topological polar surface area (TPSA) is 66.4 Å². The number of rotatable bonds is 9. The average Bonchev–Trinajstić information content (AvgIpc) is 2.78. The second-order valence-corrected chi connectivity index (χ2v) is 7.85. The summed E-state index contributed by atoms with van der Waals surface area (Å²) in [5, 5.41) is 6.68. The lowest BCUT2D eigenvalue weighted by Crippen LogP contribution is -2.48. The Morgan fingerprint density at radius 2 is 1.83 bits per heavy atom. The van der Waals surface area contributed by atoms with Crippen LogP contribution in [-0.2, 0) is 23.8 Å². The number of hydrogen-bond donors (Lipinski definition) is 0. The van der Waals surface area contributed by atoms with Crippen molar-refractivity contribution in [3.05, 3.63) is 48.0 Å². The summed E-state index contributed by atoms with van der Waals surface area (Å²) in [6.07, 6.45) is 4.05. The molecule has 0 spiro atoms. The minimum atomic E-state index is -1.26. The molecule has 0 N–H and O–H groups in total. The first kappa shape index (κ1) is 22.2. The lowest BCUT2D eigenvalue weighted by Gasteiger charge is -2.35. The molecule has 0 amide bonds. The van der Waals surface area contributed by atoms with Gasteiger partial charge in [-0.2, -0.15) is 0 Å². The number of carbonyl (C=O) groups is 1. The number of fused-ring (bicyclic) bond motifs is 1. The molecule has 1 aliphatic rings. The molecule has 0 saturated carbocycles. The molecule has 0 atom stereocenters. The van der Waals surface area contributed by atoms with Gasteiger partial charge in [0.2, 0.25) is 0 Å². The number of nitrogens with zero attached hydrogens (tertiary/aromatic N) is 1. The van der Waals surface area contributed by atoms with Crippen molar-refractivity contribution in [2.75, 3.05) is 26.9 Å². The molecular weight excluding hydrogens is 382 g/mol. The van der Waals surface area contributed by atoms with Gasteiger partial charge in [0.25, 0.3) is 5.79 Å². The number of ether oxygens (including phenoxy) is 3. The fourth-order valence-corrected chi connectivity index (χ4v) is 3.50. The van der Waals surface area contributed by atoms with Gasteiger partial charge in [-0.1, -0.05) is 48.0 Å². The summed E-state index contributed by atoms with van der Waals surface area (Å²) in [6, 6.07) is 14.6. The molecular formula is C24H31NO5. The Morgan fingerprint density at radius 1 is 1.10 bits per heavy atom. The average molecular weight is 414 g/mol. The fourth-order valence-electron chi connectivity index (χ4n) is 3.50. The molecule has 0 radical (unpaired) electrons. The molecule has 0 bridgehead atoms. The van der Waals surface area contributed by atoms with Gasteiger partial charge in [0.15, 0.2) is 0 Å². The van der Waals surface area contributed by atoms with Crippen molar-refractivity contribution in [3.63, 3.8) is 0 Å². The maximum absolute atomic E-state index is 11.7. The highest BCUT2D eigenvalue weighted by Gasteiger charge is 2.41. The highest BCUT2D eigenvalue weighted by molar-refractivity contribution is 6.01. The Hall–Kier alpha value is -2.44. The van der Waals surface area contributed by atoms with Crippen LogP contribution >= 0.6 is 0 Å². The van der Waals surface area contributed by atoms with Crippen molar-refractivity contribution in [1.82, 2.24) is 0 Å². The van der Waals surface area contributed by atoms with Crippen molar-refractivity contribution in [1.29, 1.82) is 0 Å². The predicted octanol–water partition coefficient (Wildman–Crippen LogP) is 4.69. The van der Waals surface area contributed by atoms with Crippen LogP contribution in [0.1, 0.15) is 45.1 Å². The largest absolute Gasteiger partial charge is 0.465 e. The van der Waals surface area contributed by atoms with Gasteiger partial charge in [-0.15, -0.1) is 0 Å². The Kier molecular flexibility index (Phi) is 7.82. The third-order valence-electron chi connectivity index (χ3n) is 5.46. The second-order valence-electron chi connectivity index (χ2n) is 7.85. The van der Waals surface area contributed by atoms with Crippen molar-refractivity contribution in [3.8, 4) is 0 Å². The highest BCUT2D eigenvalue weighted by atomic mass is 16.7. The predicted molar refractivity (Wildman–Crippen MR) is 116 cm³/mol. The highest BCUT2D eigenvalue weighted by Crippen LogP contribution is 2.25. The van der Waals surface area contributed by atoms with E-state index in [0.29, 0.717) is 25.7 Å². The van der Waals surface area contributed by atoms with Crippen molar-refractivity contribution < 1.29 is 23.8 Å². The minimum absolute atomic E-state index is 0.303. The maximum Gasteiger partial charge on any atom is 0.366 e. The van der Waals surface area contributed by atoms with E-state index >= 15 is 0 Å². The molecule has 0 unspecified atom stereocenters. The second kappa shape index (κ2) is 10.5. The maximum atomic E-state index is 11.7. The molecule has 3 rings (SSSR count). The van der Waals surface area contributed by atoms with Gasteiger partial charge in [-0.25, -0.2) is 4.79 Å². The third-order valence-corrected chi connectivity index (χ3v) is 5.46. The number of oxime groups is 1. The third kappa shape index (κ3) is 5.80. The Balaban J connectivity index is 1.31. The first-order valence-corrected chi connectivity index (χ1v) is 10.5. The van der Waals surface area contributed by atoms with E-state index in [9.17, 15) is 4.79 Å². The van der Waals surface area contributed by atoms with Gasteiger partial charge in [0, 0.05) is 12.8 Å². The standard InChI is InChI=1S/C24H31NO5/c1-18(21-13-12-20-10-6-7-11-22(20)15-21)25-30-14-8-4-5-9-19-16-28-24(2,29-17-19)23(26)27-3/h6-7,10-13,15,19H,4-5,8-9,14,16-17H2,1-3H3/b25-18-. The minimum Gasteiger partial charge on any atom is -0.465 e. The smallest absolute Gasteiger partial charge is 0.366 e. The van der Waals surface area contributed by atoms with Crippen LogP contribution < -0.4 is 0 Å². The first-order valence-electron chi connectivity index (χ1n) is 10.5. The molecule has 1 fully saturated rings. The fraction of sp³-hybridized carbons (Fsp3) is 0.500. The molecule has 1 saturated heterocycles. The zero-order valence-corrected chi connectivity index (χ0v) is 18.1. The molecule has 1 aliphatic heterocycles. The van der Waals surface area contributed by atoms with E-state index in [1.54, 1.807) is 6.92 Å². The van der Waals surface area contributed by atoms with Crippen LogP contribution in [0.4, 0.5) is 0 Å². The molecule has 0 aromatic heterocycles. The molecule has 162 valence electrons. The van der Waals surface area contributed by atoms with E-state index in [1.807, 2.05) is 19.1 Å². The van der Waals surface area contributed by atoms with Crippen LogP contribution in [0.5, 0.6) is 0 Å². The van der Waals surface area contributed by atoms with Crippen molar-refractivity contribution >= 4 is 22.5 Å². The van der Waals surface area contributed by atoms with Gasteiger partial charge in [0.05, 0.1) is 26.0 Å². The molecule has 0 aliphatic carbocycles. The molecule has 2 aromatic rings. The van der Waals surface area contributed by atoms with Crippen molar-refractivity contribution in [2.45, 2.75) is 45.3 Å². The Labute approximate surface area is 178 Å². The molecule has 2 aromatic carbocycles. The SMILES string of the molecule is COC(=O)C1(C)OCC(CCCCCO/N=C(/C)c2ccc3ccccc3c2)CO1. The van der Waals surface area contributed by atoms with E-state index in [0.717, 1.165) is 37.0 Å². The van der Waals surface area contributed by atoms with Crippen LogP contribution in [0.25, 0.3) is 10.8 Å². The lowest BCUT2D eigenvalue weighted by atomic mass is 10.0. The van der Waals surface area contributed by atoms with E-state index in [-0.39, 0.29) is 0 Å². The summed E-state index contributed by atoms with van der Waals surface area (Å²) >= 11 is 0. The summed E-state index contributed by atoms with van der Waals surface area (Å²) in [7, 11) is 1.34. The Morgan fingerprint density at radius 3 is 2.57 bits per heavy atom. The van der Waals surface area contributed by atoms with Crippen LogP contribution in [0.3, 0.4) is 0 Å². The zero-order valence-electron chi connectivity index (χ0n) is 18.1. The Bertz CT molecular complexity index is 871. The summed E-state index contributed by atoms with van der Waals surface area (Å²) in [5.41, 5.74) is 1.95. The summed E-state index contributed by atoms with van der Waals surface area (Å²) in [5.74, 6) is -1.45. The number of carbonyl (C=O) groups excluding carboxylic acids is 1. The van der Waals surface area contributed by atoms with E-state index in [2.05, 4.69) is 35.5 Å². The number of benzene rings is 2. The van der Waals surface area contributed by atoms with Gasteiger partial charge >= 0.3 is 5.97 Å². The lowest BCUT2D eigenvalue weighted by molar-refractivity contribution is -0.272. The van der Waals surface area contributed by atoms with Crippen LogP contribution in [-0.4, -0.2) is 44.4 Å². The van der Waals surface area contributed by atoms with Crippen LogP contribution in [0.2, 0.25) is 0 Å². The molecule has 1 heterocycles. The van der Waals surface area contributed by atoms with Crippen molar-refractivity contribution in [2.24, 2.45) is 11.1 Å². The number of methoxy groups -OCH3 is 1. The normalized spacial score (nSPS) is 22.1. The number of unbranched alkanes of at least 4 members (excludes halogenated alkanes) is 2. The van der Waals surface area contributed by atoms with E-state index < -0.39 is 11.8 Å². The van der Waals surface area contributed by atoms with Gasteiger partial charge in [-0.3, -0.25) is 0 Å². The van der Waals surface area contributed by atoms with Gasteiger partial charge in [0.1, 0.15) is 6.61 Å².